The highest BCUT2D eigenvalue weighted by Crippen LogP contribution is 2.22. The summed E-state index contributed by atoms with van der Waals surface area (Å²) in [5, 5.41) is 12.2. The SMILES string of the molecule is CC.CC(C)C.CC=C(NCC(=O)N1CCC(C#N)CC1)c1c[nH]c2ncc(Br)nc12. The topological polar surface area (TPSA) is 97.7 Å². The molecule has 2 N–H and O–H groups in total. The quantitative estimate of drug-likeness (QED) is 0.619. The van der Waals surface area contributed by atoms with Crippen LogP contribution < -0.4 is 5.32 Å². The second-order valence-electron chi connectivity index (χ2n) is 7.66. The highest BCUT2D eigenvalue weighted by molar-refractivity contribution is 9.10. The van der Waals surface area contributed by atoms with E-state index in [4.69, 9.17) is 5.26 Å². The summed E-state index contributed by atoms with van der Waals surface area (Å²) >= 11 is 3.34. The van der Waals surface area contributed by atoms with E-state index < -0.39 is 0 Å². The minimum atomic E-state index is 0.0443. The maximum Gasteiger partial charge on any atom is 0.241 e. The molecule has 1 aliphatic rings. The van der Waals surface area contributed by atoms with Gasteiger partial charge in [0.1, 0.15) is 10.1 Å². The summed E-state index contributed by atoms with van der Waals surface area (Å²) in [7, 11) is 0. The summed E-state index contributed by atoms with van der Waals surface area (Å²) < 4.78 is 0.660. The van der Waals surface area contributed by atoms with Gasteiger partial charge in [0.2, 0.25) is 5.91 Å². The minimum Gasteiger partial charge on any atom is -0.376 e. The molecule has 170 valence electrons. The summed E-state index contributed by atoms with van der Waals surface area (Å²) in [5.41, 5.74) is 3.16. The van der Waals surface area contributed by atoms with Crippen LogP contribution in [0, 0.1) is 23.2 Å². The van der Waals surface area contributed by atoms with Crippen LogP contribution in [0.1, 0.15) is 59.9 Å². The minimum absolute atomic E-state index is 0.0443. The van der Waals surface area contributed by atoms with Gasteiger partial charge in [0, 0.05) is 36.5 Å². The number of allylic oxidation sites excluding steroid dienone is 1. The zero-order valence-corrected chi connectivity index (χ0v) is 21.1. The second kappa shape index (κ2) is 13.8. The van der Waals surface area contributed by atoms with Gasteiger partial charge in [-0.15, -0.1) is 0 Å². The molecule has 3 rings (SSSR count). The maximum absolute atomic E-state index is 12.4. The largest absolute Gasteiger partial charge is 0.376 e. The summed E-state index contributed by atoms with van der Waals surface area (Å²) in [4.78, 5) is 26.1. The fraction of sp³-hybridized carbons (Fsp3) is 0.565. The Labute approximate surface area is 194 Å². The van der Waals surface area contributed by atoms with E-state index in [1.165, 1.54) is 0 Å². The van der Waals surface area contributed by atoms with Gasteiger partial charge in [-0.3, -0.25) is 4.79 Å². The lowest BCUT2D eigenvalue weighted by atomic mass is 9.98. The van der Waals surface area contributed by atoms with E-state index in [-0.39, 0.29) is 18.4 Å². The number of hydrogen-bond donors (Lipinski definition) is 2. The third-order valence-corrected chi connectivity index (χ3v) is 4.77. The number of aromatic nitrogens is 3. The van der Waals surface area contributed by atoms with Gasteiger partial charge in [0.25, 0.3) is 0 Å². The number of halogens is 1. The lowest BCUT2D eigenvalue weighted by Crippen LogP contribution is -2.42. The number of rotatable bonds is 4. The summed E-state index contributed by atoms with van der Waals surface area (Å²) in [6.45, 7) is 13.9. The van der Waals surface area contributed by atoms with Gasteiger partial charge in [0.05, 0.1) is 18.8 Å². The van der Waals surface area contributed by atoms with Crippen molar-refractivity contribution in [3.05, 3.63) is 28.6 Å². The van der Waals surface area contributed by atoms with Crippen LogP contribution in [0.3, 0.4) is 0 Å². The van der Waals surface area contributed by atoms with E-state index in [9.17, 15) is 4.79 Å². The molecule has 0 aliphatic carbocycles. The smallest absolute Gasteiger partial charge is 0.241 e. The molecule has 1 saturated heterocycles. The average molecular weight is 491 g/mol. The first-order valence-electron chi connectivity index (χ1n) is 10.9. The second-order valence-corrected chi connectivity index (χ2v) is 8.48. The van der Waals surface area contributed by atoms with Crippen molar-refractivity contribution in [2.24, 2.45) is 11.8 Å². The predicted octanol–water partition coefficient (Wildman–Crippen LogP) is 5.12. The molecule has 2 aromatic heterocycles. The van der Waals surface area contributed by atoms with Crippen molar-refractivity contribution >= 4 is 38.7 Å². The highest BCUT2D eigenvalue weighted by Gasteiger charge is 2.22. The Morgan fingerprint density at radius 2 is 2.00 bits per heavy atom. The van der Waals surface area contributed by atoms with Crippen molar-refractivity contribution < 1.29 is 4.79 Å². The molecule has 0 saturated carbocycles. The summed E-state index contributed by atoms with van der Waals surface area (Å²) in [5.74, 6) is 0.953. The van der Waals surface area contributed by atoms with E-state index >= 15 is 0 Å². The van der Waals surface area contributed by atoms with E-state index in [2.05, 4.69) is 63.0 Å². The number of fused-ring (bicyclic) bond motifs is 1. The molecule has 0 bridgehead atoms. The van der Waals surface area contributed by atoms with Crippen LogP contribution in [0.2, 0.25) is 0 Å². The van der Waals surface area contributed by atoms with Gasteiger partial charge in [-0.05, 0) is 41.6 Å². The monoisotopic (exact) mass is 490 g/mol. The normalized spacial score (nSPS) is 14.3. The number of carbonyl (C=O) groups excluding carboxylic acids is 1. The molecule has 31 heavy (non-hydrogen) atoms. The van der Waals surface area contributed by atoms with Crippen LogP contribution in [-0.4, -0.2) is 45.4 Å². The van der Waals surface area contributed by atoms with E-state index in [0.29, 0.717) is 23.3 Å². The lowest BCUT2D eigenvalue weighted by Gasteiger charge is -2.29. The number of aromatic amines is 1. The number of H-pyrrole nitrogens is 1. The van der Waals surface area contributed by atoms with Crippen LogP contribution in [0.15, 0.2) is 23.1 Å². The fourth-order valence-corrected chi connectivity index (χ4v) is 3.25. The highest BCUT2D eigenvalue weighted by atomic mass is 79.9. The Balaban J connectivity index is 0.000000720. The fourth-order valence-electron chi connectivity index (χ4n) is 2.97. The number of piperidine rings is 1. The molecule has 2 aromatic rings. The maximum atomic E-state index is 12.4. The molecule has 3 heterocycles. The van der Waals surface area contributed by atoms with Crippen molar-refractivity contribution in [1.82, 2.24) is 25.2 Å². The van der Waals surface area contributed by atoms with Gasteiger partial charge in [0.15, 0.2) is 5.65 Å². The lowest BCUT2D eigenvalue weighted by molar-refractivity contribution is -0.131. The average Bonchev–Trinajstić information content (AvgIpc) is 3.18. The van der Waals surface area contributed by atoms with E-state index in [0.717, 1.165) is 35.5 Å². The van der Waals surface area contributed by atoms with Crippen LogP contribution in [0.5, 0.6) is 0 Å². The van der Waals surface area contributed by atoms with Gasteiger partial charge in [-0.25, -0.2) is 9.97 Å². The molecule has 0 radical (unpaired) electrons. The van der Waals surface area contributed by atoms with Gasteiger partial charge in [-0.2, -0.15) is 5.26 Å². The molecule has 0 aromatic carbocycles. The third-order valence-electron chi connectivity index (χ3n) is 4.39. The molecule has 7 nitrogen and oxygen atoms in total. The van der Waals surface area contributed by atoms with Crippen LogP contribution >= 0.6 is 15.9 Å². The summed E-state index contributed by atoms with van der Waals surface area (Å²) in [6, 6.07) is 2.28. The molecule has 1 fully saturated rings. The number of carbonyl (C=O) groups is 1. The van der Waals surface area contributed by atoms with Crippen LogP contribution in [0.4, 0.5) is 0 Å². The molecular weight excluding hydrogens is 456 g/mol. The standard InChI is InChI=1S/C17H19BrN6O.C4H10.C2H6/c1-2-13(12-8-21-17-16(12)23-14(18)9-22-17)20-10-15(25)24-5-3-11(7-19)4-6-24;1-4(2)3;1-2/h2,8-9,11,20H,3-6,10H2,1H3,(H,21,22);4H,1-3H3;1-2H3. The Morgan fingerprint density at radius 3 is 2.55 bits per heavy atom. The van der Waals surface area contributed by atoms with Gasteiger partial charge in [-0.1, -0.05) is 40.7 Å². The first-order chi connectivity index (χ1) is 14.8. The van der Waals surface area contributed by atoms with Crippen LogP contribution in [0.25, 0.3) is 16.9 Å². The van der Waals surface area contributed by atoms with Crippen molar-refractivity contribution in [1.29, 1.82) is 5.26 Å². The van der Waals surface area contributed by atoms with Crippen molar-refractivity contribution in [3.63, 3.8) is 0 Å². The van der Waals surface area contributed by atoms with Crippen molar-refractivity contribution in [2.75, 3.05) is 19.6 Å². The molecular formula is C23H35BrN6O. The number of nitrogens with zero attached hydrogens (tertiary/aromatic N) is 4. The molecule has 0 atom stereocenters. The number of likely N-dealkylation sites (tertiary alicyclic amines) is 1. The van der Waals surface area contributed by atoms with Crippen molar-refractivity contribution in [3.8, 4) is 6.07 Å². The third kappa shape index (κ3) is 8.33. The zero-order chi connectivity index (χ0) is 23.4. The molecule has 1 amide bonds. The van der Waals surface area contributed by atoms with Crippen molar-refractivity contribution in [2.45, 2.75) is 54.4 Å². The number of hydrogen-bond acceptors (Lipinski definition) is 5. The Morgan fingerprint density at radius 1 is 1.39 bits per heavy atom. The molecule has 0 spiro atoms. The van der Waals surface area contributed by atoms with Gasteiger partial charge < -0.3 is 15.2 Å². The van der Waals surface area contributed by atoms with E-state index in [1.54, 1.807) is 6.20 Å². The number of nitrogens with one attached hydrogen (secondary N) is 2. The molecule has 1 aliphatic heterocycles. The Kier molecular flexibility index (Phi) is 11.9. The van der Waals surface area contributed by atoms with Crippen LogP contribution in [-0.2, 0) is 4.79 Å². The molecule has 0 unspecified atom stereocenters. The first kappa shape index (κ1) is 26.6. The Bertz CT molecular complexity index is 888. The number of nitriles is 1. The summed E-state index contributed by atoms with van der Waals surface area (Å²) in [6.07, 6.45) is 6.90. The predicted molar refractivity (Wildman–Crippen MR) is 130 cm³/mol. The Hall–Kier alpha value is -2.40. The first-order valence-corrected chi connectivity index (χ1v) is 11.7. The number of amides is 1. The van der Waals surface area contributed by atoms with E-state index in [1.807, 2.05) is 37.9 Å². The van der Waals surface area contributed by atoms with Gasteiger partial charge >= 0.3 is 0 Å². The zero-order valence-electron chi connectivity index (χ0n) is 19.5. The molecule has 8 heteroatoms.